The first-order valence-electron chi connectivity index (χ1n) is 7.14. The highest BCUT2D eigenvalue weighted by atomic mass is 16.2. The molecule has 3 nitrogen and oxygen atoms in total. The number of hydrogen-bond acceptors (Lipinski definition) is 2. The number of nitrogens with zero attached hydrogens (tertiary/aromatic N) is 1. The summed E-state index contributed by atoms with van der Waals surface area (Å²) in [6, 6.07) is 21.9. The number of para-hydroxylation sites is 1. The van der Waals surface area contributed by atoms with Crippen molar-refractivity contribution in [3.05, 3.63) is 90.3 Å². The maximum Gasteiger partial charge on any atom is 0.278 e. The van der Waals surface area contributed by atoms with Crippen LogP contribution in [0.5, 0.6) is 0 Å². The van der Waals surface area contributed by atoms with E-state index < -0.39 is 11.6 Å². The van der Waals surface area contributed by atoms with Crippen LogP contribution in [0, 0.1) is 11.8 Å². The van der Waals surface area contributed by atoms with Crippen molar-refractivity contribution in [2.45, 2.75) is 0 Å². The molecule has 0 spiro atoms. The minimum atomic E-state index is -0.718. The molecule has 0 aliphatic rings. The molecule has 0 bridgehead atoms. The molecule has 1 aromatic heterocycles. The Balaban J connectivity index is 1.86. The van der Waals surface area contributed by atoms with Crippen LogP contribution in [-0.4, -0.2) is 16.1 Å². The number of hydrogen-bond donors (Lipinski definition) is 0. The van der Waals surface area contributed by atoms with Crippen LogP contribution >= 0.6 is 0 Å². The Hall–Kier alpha value is -3.38. The maximum atomic E-state index is 12.3. The Kier molecular flexibility index (Phi) is 4.17. The summed E-state index contributed by atoms with van der Waals surface area (Å²) in [7, 11) is 0. The second-order valence-corrected chi connectivity index (χ2v) is 4.87. The molecule has 0 unspecified atom stereocenters. The fourth-order valence-electron chi connectivity index (χ4n) is 2.20. The maximum absolute atomic E-state index is 12.3. The molecule has 0 saturated heterocycles. The van der Waals surface area contributed by atoms with Crippen molar-refractivity contribution in [2.75, 3.05) is 0 Å². The van der Waals surface area contributed by atoms with Gasteiger partial charge in [-0.05, 0) is 42.3 Å². The van der Waals surface area contributed by atoms with Gasteiger partial charge in [0.05, 0.1) is 5.69 Å². The predicted octanol–water partition coefficient (Wildman–Crippen LogP) is 3.28. The predicted molar refractivity (Wildman–Crippen MR) is 88.4 cm³/mol. The Labute approximate surface area is 134 Å². The van der Waals surface area contributed by atoms with Gasteiger partial charge in [0.1, 0.15) is 0 Å². The molecule has 0 radical (unpaired) electrons. The Bertz CT molecular complexity index is 897. The highest BCUT2D eigenvalue weighted by Crippen LogP contribution is 2.13. The topological polar surface area (TPSA) is 39.1 Å². The van der Waals surface area contributed by atoms with E-state index in [0.717, 1.165) is 5.69 Å². The minimum Gasteiger partial charge on any atom is -0.314 e. The number of aromatic nitrogens is 1. The molecule has 0 aliphatic carbocycles. The summed E-state index contributed by atoms with van der Waals surface area (Å²) >= 11 is 0. The van der Waals surface area contributed by atoms with Gasteiger partial charge in [-0.3, -0.25) is 9.59 Å². The molecular formula is C20H13NO2. The highest BCUT2D eigenvalue weighted by molar-refractivity contribution is 6.49. The van der Waals surface area contributed by atoms with Crippen LogP contribution in [0.15, 0.2) is 79.0 Å². The fourth-order valence-corrected chi connectivity index (χ4v) is 2.20. The molecule has 3 heteroatoms. The van der Waals surface area contributed by atoms with Crippen LogP contribution in [-0.2, 0) is 4.79 Å². The Morgan fingerprint density at radius 2 is 1.43 bits per heavy atom. The highest BCUT2D eigenvalue weighted by Gasteiger charge is 2.18. The van der Waals surface area contributed by atoms with Gasteiger partial charge in [-0.2, -0.15) is 0 Å². The van der Waals surface area contributed by atoms with Crippen LogP contribution in [0.2, 0.25) is 0 Å². The molecule has 2 aromatic carbocycles. The van der Waals surface area contributed by atoms with Gasteiger partial charge in [0, 0.05) is 17.4 Å². The van der Waals surface area contributed by atoms with Crippen LogP contribution in [0.25, 0.3) is 5.69 Å². The van der Waals surface area contributed by atoms with Crippen LogP contribution in [0.4, 0.5) is 0 Å². The number of rotatable bonds is 3. The summed E-state index contributed by atoms with van der Waals surface area (Å²) in [5.74, 6) is 3.80. The van der Waals surface area contributed by atoms with Gasteiger partial charge >= 0.3 is 0 Å². The van der Waals surface area contributed by atoms with Crippen molar-refractivity contribution in [1.82, 2.24) is 4.57 Å². The molecule has 3 rings (SSSR count). The van der Waals surface area contributed by atoms with E-state index >= 15 is 0 Å². The SMILES string of the molecule is O=C(C#Cc1ccccc1)C(=O)c1cccn1-c1ccccc1. The third kappa shape index (κ3) is 3.28. The van der Waals surface area contributed by atoms with Crippen molar-refractivity contribution in [3.8, 4) is 17.5 Å². The zero-order valence-corrected chi connectivity index (χ0v) is 12.3. The first kappa shape index (κ1) is 14.6. The average Bonchev–Trinajstić information content (AvgIpc) is 3.10. The molecule has 1 heterocycles. The van der Waals surface area contributed by atoms with E-state index in [0.29, 0.717) is 11.3 Å². The van der Waals surface area contributed by atoms with E-state index in [9.17, 15) is 9.59 Å². The Morgan fingerprint density at radius 3 is 2.13 bits per heavy atom. The molecule has 0 atom stereocenters. The zero-order valence-electron chi connectivity index (χ0n) is 12.3. The van der Waals surface area contributed by atoms with E-state index in [-0.39, 0.29) is 0 Å². The molecule has 0 amide bonds. The van der Waals surface area contributed by atoms with Crippen LogP contribution < -0.4 is 0 Å². The van der Waals surface area contributed by atoms with Crippen molar-refractivity contribution < 1.29 is 9.59 Å². The van der Waals surface area contributed by atoms with Crippen molar-refractivity contribution >= 4 is 11.6 Å². The third-order valence-corrected chi connectivity index (χ3v) is 3.32. The molecular weight excluding hydrogens is 286 g/mol. The van der Waals surface area contributed by atoms with E-state index in [1.54, 1.807) is 35.0 Å². The van der Waals surface area contributed by atoms with E-state index in [2.05, 4.69) is 11.8 Å². The lowest BCUT2D eigenvalue weighted by molar-refractivity contribution is -0.110. The lowest BCUT2D eigenvalue weighted by Gasteiger charge is -2.06. The van der Waals surface area contributed by atoms with Gasteiger partial charge < -0.3 is 4.57 Å². The quantitative estimate of drug-likeness (QED) is 0.423. The number of benzene rings is 2. The fraction of sp³-hybridized carbons (Fsp3) is 0. The molecule has 23 heavy (non-hydrogen) atoms. The van der Waals surface area contributed by atoms with Crippen LogP contribution in [0.3, 0.4) is 0 Å². The number of ketones is 2. The zero-order chi connectivity index (χ0) is 16.1. The molecule has 0 fully saturated rings. The summed E-state index contributed by atoms with van der Waals surface area (Å²) in [5.41, 5.74) is 1.83. The van der Waals surface area contributed by atoms with Crippen molar-refractivity contribution in [1.29, 1.82) is 0 Å². The first-order chi connectivity index (χ1) is 11.3. The van der Waals surface area contributed by atoms with Gasteiger partial charge in [-0.15, -0.1) is 0 Å². The third-order valence-electron chi connectivity index (χ3n) is 3.32. The van der Waals surface area contributed by atoms with Gasteiger partial charge in [0.2, 0.25) is 0 Å². The van der Waals surface area contributed by atoms with Crippen LogP contribution in [0.1, 0.15) is 16.1 Å². The molecule has 0 saturated carbocycles. The summed E-state index contributed by atoms with van der Waals surface area (Å²) in [6.45, 7) is 0. The summed E-state index contributed by atoms with van der Waals surface area (Å²) in [6.07, 6.45) is 1.75. The normalized spacial score (nSPS) is 9.74. The summed E-state index contributed by atoms with van der Waals surface area (Å²) < 4.78 is 1.68. The van der Waals surface area contributed by atoms with Gasteiger partial charge in [0.25, 0.3) is 11.6 Å². The average molecular weight is 299 g/mol. The van der Waals surface area contributed by atoms with Crippen molar-refractivity contribution in [2.24, 2.45) is 0 Å². The van der Waals surface area contributed by atoms with Gasteiger partial charge in [-0.1, -0.05) is 42.3 Å². The number of carbonyl (C=O) groups is 2. The molecule has 110 valence electrons. The molecule has 0 N–H and O–H groups in total. The monoisotopic (exact) mass is 299 g/mol. The smallest absolute Gasteiger partial charge is 0.278 e. The second kappa shape index (κ2) is 6.59. The minimum absolute atomic E-state index is 0.309. The summed E-state index contributed by atoms with van der Waals surface area (Å²) in [5, 5.41) is 0. The van der Waals surface area contributed by atoms with Crippen molar-refractivity contribution in [3.63, 3.8) is 0 Å². The molecule has 0 aliphatic heterocycles. The largest absolute Gasteiger partial charge is 0.314 e. The lowest BCUT2D eigenvalue weighted by Crippen LogP contribution is -2.16. The second-order valence-electron chi connectivity index (χ2n) is 4.87. The molecule has 3 aromatic rings. The summed E-state index contributed by atoms with van der Waals surface area (Å²) in [4.78, 5) is 24.4. The van der Waals surface area contributed by atoms with Gasteiger partial charge in [-0.25, -0.2) is 0 Å². The van der Waals surface area contributed by atoms with E-state index in [1.807, 2.05) is 48.5 Å². The number of carbonyl (C=O) groups excluding carboxylic acids is 2. The number of Topliss-reactive ketones (excluding diaryl/α,β-unsaturated/α-hetero) is 2. The Morgan fingerprint density at radius 1 is 0.783 bits per heavy atom. The lowest BCUT2D eigenvalue weighted by atomic mass is 10.1. The van der Waals surface area contributed by atoms with E-state index in [4.69, 9.17) is 0 Å². The van der Waals surface area contributed by atoms with Gasteiger partial charge in [0.15, 0.2) is 0 Å². The first-order valence-corrected chi connectivity index (χ1v) is 7.14. The van der Waals surface area contributed by atoms with E-state index in [1.165, 1.54) is 0 Å². The standard InChI is InChI=1S/C20H13NO2/c22-19(14-13-16-8-3-1-4-9-16)20(23)18-12-7-15-21(18)17-10-5-2-6-11-17/h1-12,15H.